The third-order valence-electron chi connectivity index (χ3n) is 5.31. The molecule has 0 atom stereocenters. The Hall–Kier alpha value is -4.09. The van der Waals surface area contributed by atoms with Crippen LogP contribution in [0.1, 0.15) is 29.2 Å². The number of halogens is 3. The van der Waals surface area contributed by atoms with Gasteiger partial charge in [0.25, 0.3) is 6.43 Å². The van der Waals surface area contributed by atoms with Gasteiger partial charge in [-0.2, -0.15) is 4.98 Å². The van der Waals surface area contributed by atoms with E-state index in [1.54, 1.807) is 19.1 Å². The van der Waals surface area contributed by atoms with Gasteiger partial charge >= 0.3 is 0 Å². The average molecular weight is 511 g/mol. The molecule has 0 aliphatic rings. The first-order valence-corrected chi connectivity index (χ1v) is 11.4. The zero-order valence-corrected chi connectivity index (χ0v) is 20.0. The fourth-order valence-corrected chi connectivity index (χ4v) is 3.73. The minimum absolute atomic E-state index is 0.00587. The van der Waals surface area contributed by atoms with E-state index in [0.717, 1.165) is 5.69 Å². The molecule has 8 nitrogen and oxygen atoms in total. The Bertz CT molecular complexity index is 1370. The van der Waals surface area contributed by atoms with E-state index in [-0.39, 0.29) is 25.0 Å². The Morgan fingerprint density at radius 2 is 1.73 bits per heavy atom. The molecule has 0 fully saturated rings. The number of pyridine rings is 2. The molecule has 3 heterocycles. The van der Waals surface area contributed by atoms with Crippen molar-refractivity contribution >= 4 is 5.95 Å². The van der Waals surface area contributed by atoms with Gasteiger partial charge in [-0.3, -0.25) is 9.97 Å². The first kappa shape index (κ1) is 26.0. The lowest BCUT2D eigenvalue weighted by Crippen LogP contribution is -2.18. The van der Waals surface area contributed by atoms with Gasteiger partial charge in [-0.1, -0.05) is 6.07 Å². The molecule has 0 unspecified atom stereocenters. The normalized spacial score (nSPS) is 11.2. The molecular weight excluding hydrogens is 485 g/mol. The van der Waals surface area contributed by atoms with Gasteiger partial charge in [0.2, 0.25) is 11.8 Å². The van der Waals surface area contributed by atoms with E-state index in [2.05, 4.69) is 25.3 Å². The highest BCUT2D eigenvalue weighted by atomic mass is 19.3. The van der Waals surface area contributed by atoms with Crippen molar-refractivity contribution in [2.45, 2.75) is 26.5 Å². The molecule has 0 aliphatic heterocycles. The van der Waals surface area contributed by atoms with Crippen LogP contribution >= 0.6 is 0 Å². The minimum atomic E-state index is -2.79. The van der Waals surface area contributed by atoms with Crippen LogP contribution in [0.5, 0.6) is 5.88 Å². The lowest BCUT2D eigenvalue weighted by molar-refractivity contribution is 0.146. The Morgan fingerprint density at radius 3 is 2.46 bits per heavy atom. The second-order valence-electron chi connectivity index (χ2n) is 8.15. The smallest absolute Gasteiger partial charge is 0.280 e. The molecule has 1 aromatic carbocycles. The van der Waals surface area contributed by atoms with Gasteiger partial charge < -0.3 is 20.9 Å². The molecule has 11 heteroatoms. The number of nitrogens with one attached hydrogen (secondary N) is 1. The number of aliphatic hydroxyl groups is 1. The predicted molar refractivity (Wildman–Crippen MR) is 132 cm³/mol. The zero-order valence-electron chi connectivity index (χ0n) is 20.0. The van der Waals surface area contributed by atoms with Crippen molar-refractivity contribution in [2.75, 3.05) is 18.9 Å². The highest BCUT2D eigenvalue weighted by Crippen LogP contribution is 2.39. The van der Waals surface area contributed by atoms with Crippen molar-refractivity contribution in [3.8, 4) is 28.3 Å². The number of aryl methyl sites for hydroxylation is 1. The van der Waals surface area contributed by atoms with Crippen molar-refractivity contribution in [1.29, 1.82) is 0 Å². The van der Waals surface area contributed by atoms with Gasteiger partial charge in [-0.15, -0.1) is 0 Å². The minimum Gasteiger partial charge on any atom is -0.471 e. The topological polar surface area (TPSA) is 119 Å². The number of benzene rings is 1. The standard InChI is InChI=1S/C26H25F3N6O2/c1-15-11-17(12-21(32-15)24(28)29)22-23(16-5-7-18(27)8-6-16)34-26(30)35-25(22)37-14-20-4-2-3-19(33-20)13-31-9-10-36/h2-8,11-12,24,31,36H,9-10,13-14H2,1H3,(H2,30,34,35). The number of ether oxygens (including phenoxy) is 1. The molecule has 0 bridgehead atoms. The largest absolute Gasteiger partial charge is 0.471 e. The Kier molecular flexibility index (Phi) is 8.26. The number of aromatic nitrogens is 4. The molecule has 37 heavy (non-hydrogen) atoms. The van der Waals surface area contributed by atoms with Crippen LogP contribution in [0.15, 0.2) is 54.6 Å². The Balaban J connectivity index is 1.77. The van der Waals surface area contributed by atoms with Crippen LogP contribution in [-0.2, 0) is 13.2 Å². The molecule has 0 amide bonds. The SMILES string of the molecule is Cc1cc(-c2c(OCc3cccc(CNCCO)n3)nc(N)nc2-c2ccc(F)cc2)cc(C(F)F)n1. The summed E-state index contributed by atoms with van der Waals surface area (Å²) in [5, 5.41) is 12.0. The maximum atomic E-state index is 13.6. The van der Waals surface area contributed by atoms with Crippen LogP contribution in [-0.4, -0.2) is 38.2 Å². The number of nitrogen functional groups attached to an aromatic ring is 1. The van der Waals surface area contributed by atoms with Gasteiger partial charge in [-0.25, -0.2) is 18.2 Å². The highest BCUT2D eigenvalue weighted by Gasteiger charge is 2.21. The fraction of sp³-hybridized carbons (Fsp3) is 0.231. The third-order valence-corrected chi connectivity index (χ3v) is 5.31. The molecule has 4 N–H and O–H groups in total. The molecule has 0 saturated carbocycles. The Morgan fingerprint density at radius 1 is 0.973 bits per heavy atom. The van der Waals surface area contributed by atoms with E-state index in [4.69, 9.17) is 15.6 Å². The summed E-state index contributed by atoms with van der Waals surface area (Å²) in [6.07, 6.45) is -2.79. The van der Waals surface area contributed by atoms with Crippen molar-refractivity contribution in [3.05, 3.63) is 83.2 Å². The second-order valence-corrected chi connectivity index (χ2v) is 8.15. The van der Waals surface area contributed by atoms with Crippen molar-refractivity contribution in [1.82, 2.24) is 25.3 Å². The lowest BCUT2D eigenvalue weighted by atomic mass is 9.99. The summed E-state index contributed by atoms with van der Waals surface area (Å²) in [6, 6.07) is 13.8. The molecule has 4 rings (SSSR count). The molecule has 0 saturated heterocycles. The lowest BCUT2D eigenvalue weighted by Gasteiger charge is -2.16. The van der Waals surface area contributed by atoms with Crippen LogP contribution < -0.4 is 15.8 Å². The molecule has 0 radical (unpaired) electrons. The molecule has 192 valence electrons. The summed E-state index contributed by atoms with van der Waals surface area (Å²) < 4.78 is 46.8. The number of hydrogen-bond donors (Lipinski definition) is 3. The van der Waals surface area contributed by atoms with Crippen molar-refractivity contribution in [2.24, 2.45) is 0 Å². The van der Waals surface area contributed by atoms with Crippen LogP contribution in [0, 0.1) is 12.7 Å². The maximum absolute atomic E-state index is 13.6. The summed E-state index contributed by atoms with van der Waals surface area (Å²) in [6.45, 7) is 2.52. The average Bonchev–Trinajstić information content (AvgIpc) is 2.87. The van der Waals surface area contributed by atoms with E-state index < -0.39 is 17.9 Å². The van der Waals surface area contributed by atoms with Gasteiger partial charge in [0.1, 0.15) is 18.1 Å². The first-order valence-electron chi connectivity index (χ1n) is 11.4. The number of rotatable bonds is 10. The monoisotopic (exact) mass is 510 g/mol. The summed E-state index contributed by atoms with van der Waals surface area (Å²) in [7, 11) is 0. The van der Waals surface area contributed by atoms with Crippen LogP contribution in [0.25, 0.3) is 22.4 Å². The van der Waals surface area contributed by atoms with E-state index >= 15 is 0 Å². The molecule has 4 aromatic rings. The molecular formula is C26H25F3N6O2. The summed E-state index contributed by atoms with van der Waals surface area (Å²) >= 11 is 0. The number of alkyl halides is 2. The molecule has 0 aliphatic carbocycles. The second kappa shape index (κ2) is 11.8. The maximum Gasteiger partial charge on any atom is 0.280 e. The molecule has 3 aromatic heterocycles. The van der Waals surface area contributed by atoms with E-state index in [1.165, 1.54) is 30.3 Å². The van der Waals surface area contributed by atoms with E-state index in [9.17, 15) is 13.2 Å². The van der Waals surface area contributed by atoms with E-state index in [1.807, 2.05) is 12.1 Å². The van der Waals surface area contributed by atoms with Crippen molar-refractivity contribution in [3.63, 3.8) is 0 Å². The number of nitrogens with two attached hydrogens (primary N) is 1. The molecule has 0 spiro atoms. The summed E-state index contributed by atoms with van der Waals surface area (Å²) in [4.78, 5) is 17.0. The van der Waals surface area contributed by atoms with E-state index in [0.29, 0.717) is 46.9 Å². The number of nitrogens with zero attached hydrogens (tertiary/aromatic N) is 4. The van der Waals surface area contributed by atoms with Crippen LogP contribution in [0.4, 0.5) is 19.1 Å². The third kappa shape index (κ3) is 6.57. The van der Waals surface area contributed by atoms with Gasteiger partial charge in [0.05, 0.1) is 29.3 Å². The van der Waals surface area contributed by atoms with Gasteiger partial charge in [0, 0.05) is 24.3 Å². The summed E-state index contributed by atoms with van der Waals surface area (Å²) in [5.41, 5.74) is 8.74. The first-order chi connectivity index (χ1) is 17.8. The van der Waals surface area contributed by atoms with Crippen molar-refractivity contribution < 1.29 is 23.0 Å². The van der Waals surface area contributed by atoms with Gasteiger partial charge in [-0.05, 0) is 61.0 Å². The predicted octanol–water partition coefficient (Wildman–Crippen LogP) is 4.23. The highest BCUT2D eigenvalue weighted by molar-refractivity contribution is 5.85. The summed E-state index contributed by atoms with van der Waals surface area (Å²) in [5.74, 6) is -0.487. The Labute approximate surface area is 211 Å². The van der Waals surface area contributed by atoms with Crippen LogP contribution in [0.3, 0.4) is 0 Å². The zero-order chi connectivity index (χ0) is 26.4. The van der Waals surface area contributed by atoms with Gasteiger partial charge in [0.15, 0.2) is 0 Å². The number of aliphatic hydroxyl groups excluding tert-OH is 1. The number of hydrogen-bond acceptors (Lipinski definition) is 8. The quantitative estimate of drug-likeness (QED) is 0.271. The fourth-order valence-electron chi connectivity index (χ4n) is 3.73. The number of anilines is 1. The van der Waals surface area contributed by atoms with Crippen LogP contribution in [0.2, 0.25) is 0 Å².